The standard InChI is InChI=1S/C21H26N7OP/c1-14-12-28-17(21(23-14)25(2)3)10-16(24-28)18-11-19(29)27-13-15(4-5-20(27)30-18)26-8-6-22-7-9-26/h4-5,10-13,20,22,30H,6-9H2,1-3H3. The first-order valence-corrected chi connectivity index (χ1v) is 11.3. The monoisotopic (exact) mass is 423 g/mol. The lowest BCUT2D eigenvalue weighted by atomic mass is 10.2. The quantitative estimate of drug-likeness (QED) is 0.757. The number of amides is 1. The summed E-state index contributed by atoms with van der Waals surface area (Å²) in [5, 5.41) is 9.13. The summed E-state index contributed by atoms with van der Waals surface area (Å²) in [6.07, 6.45) is 10.0. The molecule has 2 atom stereocenters. The molecule has 8 nitrogen and oxygen atoms in total. The third-order valence-electron chi connectivity index (χ3n) is 5.58. The molecule has 5 heterocycles. The largest absolute Gasteiger partial charge is 0.368 e. The minimum atomic E-state index is 0.0185. The molecule has 2 aromatic rings. The van der Waals surface area contributed by atoms with Gasteiger partial charge < -0.3 is 20.0 Å². The Balaban J connectivity index is 1.45. The fraction of sp³-hybridized carbons (Fsp3) is 0.381. The topological polar surface area (TPSA) is 69.0 Å². The highest BCUT2D eigenvalue weighted by atomic mass is 31.1. The van der Waals surface area contributed by atoms with Gasteiger partial charge in [0.2, 0.25) is 0 Å². The van der Waals surface area contributed by atoms with Crippen LogP contribution in [0.25, 0.3) is 10.8 Å². The number of carbonyl (C=O) groups excluding carboxylic acids is 1. The minimum absolute atomic E-state index is 0.0185. The zero-order valence-electron chi connectivity index (χ0n) is 17.5. The maximum atomic E-state index is 13.0. The first-order valence-electron chi connectivity index (χ1n) is 10.2. The molecule has 0 aromatic carbocycles. The molecule has 0 bridgehead atoms. The lowest BCUT2D eigenvalue weighted by Gasteiger charge is -2.37. The van der Waals surface area contributed by atoms with E-state index in [-0.39, 0.29) is 11.7 Å². The average Bonchev–Trinajstić information content (AvgIpc) is 3.17. The van der Waals surface area contributed by atoms with Crippen LogP contribution in [0.15, 0.2) is 42.4 Å². The van der Waals surface area contributed by atoms with Gasteiger partial charge in [0.25, 0.3) is 5.91 Å². The number of fused-ring (bicyclic) bond motifs is 2. The van der Waals surface area contributed by atoms with E-state index in [9.17, 15) is 4.79 Å². The lowest BCUT2D eigenvalue weighted by molar-refractivity contribution is -0.123. The maximum Gasteiger partial charge on any atom is 0.252 e. The van der Waals surface area contributed by atoms with Crippen LogP contribution < -0.4 is 10.2 Å². The maximum absolute atomic E-state index is 13.0. The Morgan fingerprint density at radius 2 is 2.07 bits per heavy atom. The number of rotatable bonds is 3. The summed E-state index contributed by atoms with van der Waals surface area (Å²) < 4.78 is 1.87. The van der Waals surface area contributed by atoms with Crippen molar-refractivity contribution in [1.82, 2.24) is 29.7 Å². The number of nitrogens with one attached hydrogen (secondary N) is 1. The molecule has 1 amide bonds. The number of hydrogen-bond acceptors (Lipinski definition) is 6. The molecule has 1 fully saturated rings. The van der Waals surface area contributed by atoms with Crippen LogP contribution in [-0.4, -0.2) is 76.4 Å². The van der Waals surface area contributed by atoms with E-state index in [1.165, 1.54) is 0 Å². The molecule has 3 aliphatic heterocycles. The first kappa shape index (κ1) is 19.3. The molecule has 0 aliphatic carbocycles. The number of anilines is 1. The van der Waals surface area contributed by atoms with E-state index >= 15 is 0 Å². The van der Waals surface area contributed by atoms with Crippen LogP contribution in [0.1, 0.15) is 11.4 Å². The smallest absolute Gasteiger partial charge is 0.252 e. The summed E-state index contributed by atoms with van der Waals surface area (Å²) in [5.41, 5.74) is 3.82. The third-order valence-corrected chi connectivity index (χ3v) is 7.06. The number of carbonyl (C=O) groups is 1. The molecule has 1 saturated heterocycles. The molecule has 0 spiro atoms. The van der Waals surface area contributed by atoms with Gasteiger partial charge in [0.15, 0.2) is 5.82 Å². The summed E-state index contributed by atoms with van der Waals surface area (Å²) in [6, 6.07) is 2.04. The summed E-state index contributed by atoms with van der Waals surface area (Å²) in [6.45, 7) is 5.85. The van der Waals surface area contributed by atoms with E-state index in [0.717, 1.165) is 59.9 Å². The Bertz CT molecular complexity index is 1090. The molecule has 2 unspecified atom stereocenters. The predicted octanol–water partition coefficient (Wildman–Crippen LogP) is 1.61. The zero-order chi connectivity index (χ0) is 20.8. The van der Waals surface area contributed by atoms with E-state index in [0.29, 0.717) is 8.58 Å². The van der Waals surface area contributed by atoms with Gasteiger partial charge in [-0.3, -0.25) is 4.79 Å². The molecule has 0 radical (unpaired) electrons. The van der Waals surface area contributed by atoms with Crippen molar-refractivity contribution < 1.29 is 4.79 Å². The van der Waals surface area contributed by atoms with Gasteiger partial charge in [0.05, 0.1) is 29.1 Å². The van der Waals surface area contributed by atoms with E-state index in [1.807, 2.05) is 53.8 Å². The van der Waals surface area contributed by atoms with E-state index in [4.69, 9.17) is 5.10 Å². The fourth-order valence-corrected chi connectivity index (χ4v) is 5.40. The number of hydrogen-bond donors (Lipinski definition) is 1. The van der Waals surface area contributed by atoms with E-state index in [2.05, 4.69) is 27.4 Å². The van der Waals surface area contributed by atoms with Crippen LogP contribution in [0.2, 0.25) is 0 Å². The minimum Gasteiger partial charge on any atom is -0.368 e. The van der Waals surface area contributed by atoms with Crippen LogP contribution in [-0.2, 0) is 4.79 Å². The summed E-state index contributed by atoms with van der Waals surface area (Å²) in [5.74, 6) is 0.953. The molecular weight excluding hydrogens is 397 g/mol. The summed E-state index contributed by atoms with van der Waals surface area (Å²) in [4.78, 5) is 23.8. The molecule has 2 aromatic heterocycles. The molecule has 1 N–H and O–H groups in total. The van der Waals surface area contributed by atoms with Crippen molar-refractivity contribution in [3.8, 4) is 0 Å². The van der Waals surface area contributed by atoms with Gasteiger partial charge in [0, 0.05) is 57.9 Å². The second kappa shape index (κ2) is 7.52. The van der Waals surface area contributed by atoms with Gasteiger partial charge in [-0.15, -0.1) is 0 Å². The Labute approximate surface area is 177 Å². The third kappa shape index (κ3) is 3.40. The van der Waals surface area contributed by atoms with Crippen molar-refractivity contribution in [2.75, 3.05) is 45.2 Å². The number of nitrogens with zero attached hydrogens (tertiary/aromatic N) is 6. The van der Waals surface area contributed by atoms with E-state index in [1.54, 1.807) is 6.08 Å². The molecule has 0 saturated carbocycles. The molecule has 9 heteroatoms. The van der Waals surface area contributed by atoms with Crippen molar-refractivity contribution in [3.63, 3.8) is 0 Å². The fourth-order valence-electron chi connectivity index (χ4n) is 4.07. The highest BCUT2D eigenvalue weighted by molar-refractivity contribution is 7.51. The lowest BCUT2D eigenvalue weighted by Crippen LogP contribution is -2.44. The number of allylic oxidation sites excluding steroid dienone is 1. The van der Waals surface area contributed by atoms with E-state index < -0.39 is 0 Å². The Morgan fingerprint density at radius 3 is 2.83 bits per heavy atom. The zero-order valence-corrected chi connectivity index (χ0v) is 18.5. The molecular formula is C21H26N7OP. The molecule has 5 rings (SSSR count). The van der Waals surface area contributed by atoms with Gasteiger partial charge in [-0.05, 0) is 19.1 Å². The van der Waals surface area contributed by atoms with Gasteiger partial charge in [0.1, 0.15) is 5.52 Å². The van der Waals surface area contributed by atoms with Crippen LogP contribution >= 0.6 is 8.58 Å². The number of piperazine rings is 1. The summed E-state index contributed by atoms with van der Waals surface area (Å²) in [7, 11) is 4.41. The Morgan fingerprint density at radius 1 is 1.27 bits per heavy atom. The van der Waals surface area contributed by atoms with Crippen LogP contribution in [0, 0.1) is 6.92 Å². The molecule has 30 heavy (non-hydrogen) atoms. The number of aryl methyl sites for hydroxylation is 1. The van der Waals surface area contributed by atoms with Crippen molar-refractivity contribution in [2.45, 2.75) is 12.7 Å². The van der Waals surface area contributed by atoms with Gasteiger partial charge >= 0.3 is 0 Å². The van der Waals surface area contributed by atoms with Crippen LogP contribution in [0.3, 0.4) is 0 Å². The SMILES string of the molecule is Cc1cn2nc(C3=CC(=O)N4C=C(N5CCNCC5)C=CC4P3)cc2c(N(C)C)n1. The van der Waals surface area contributed by atoms with Gasteiger partial charge in [-0.2, -0.15) is 5.10 Å². The molecule has 156 valence electrons. The van der Waals surface area contributed by atoms with Crippen molar-refractivity contribution in [3.05, 3.63) is 53.8 Å². The van der Waals surface area contributed by atoms with Crippen molar-refractivity contribution in [2.24, 2.45) is 0 Å². The Kier molecular flexibility index (Phi) is 4.83. The van der Waals surface area contributed by atoms with Crippen molar-refractivity contribution >= 4 is 31.1 Å². The van der Waals surface area contributed by atoms with Crippen LogP contribution in [0.4, 0.5) is 5.82 Å². The summed E-state index contributed by atoms with van der Waals surface area (Å²) >= 11 is 0. The second-order valence-electron chi connectivity index (χ2n) is 8.00. The predicted molar refractivity (Wildman–Crippen MR) is 121 cm³/mol. The Hall–Kier alpha value is -2.70. The normalized spacial score (nSPS) is 22.4. The second-order valence-corrected chi connectivity index (χ2v) is 9.42. The average molecular weight is 423 g/mol. The van der Waals surface area contributed by atoms with Gasteiger partial charge in [-0.25, -0.2) is 9.50 Å². The first-order chi connectivity index (χ1) is 14.5. The highest BCUT2D eigenvalue weighted by Gasteiger charge is 2.30. The van der Waals surface area contributed by atoms with Gasteiger partial charge in [-0.1, -0.05) is 14.7 Å². The van der Waals surface area contributed by atoms with Crippen molar-refractivity contribution in [1.29, 1.82) is 0 Å². The molecule has 3 aliphatic rings. The number of aromatic nitrogens is 3. The van der Waals surface area contributed by atoms with Crippen LogP contribution in [0.5, 0.6) is 0 Å². The highest BCUT2D eigenvalue weighted by Crippen LogP contribution is 2.44.